The lowest BCUT2D eigenvalue weighted by molar-refractivity contribution is 0.0600. The zero-order chi connectivity index (χ0) is 13.0. The summed E-state index contributed by atoms with van der Waals surface area (Å²) in [5.74, 6) is 0.383. The van der Waals surface area contributed by atoms with Crippen LogP contribution in [0.15, 0.2) is 39.5 Å². The zero-order valence-electron chi connectivity index (χ0n) is 9.68. The number of rotatable bonds is 4. The fraction of sp³-hybridized carbons (Fsp3) is 0.154. The van der Waals surface area contributed by atoms with Crippen molar-refractivity contribution in [1.82, 2.24) is 0 Å². The average Bonchev–Trinajstić information content (AvgIpc) is 2.82. The molecule has 1 aromatic carbocycles. The fourth-order valence-electron chi connectivity index (χ4n) is 1.39. The van der Waals surface area contributed by atoms with Gasteiger partial charge in [-0.3, -0.25) is 0 Å². The van der Waals surface area contributed by atoms with Crippen molar-refractivity contribution in [3.63, 3.8) is 0 Å². The summed E-state index contributed by atoms with van der Waals surface area (Å²) in [7, 11) is 1.36. The topological polar surface area (TPSA) is 35.5 Å². The lowest BCUT2D eigenvalue weighted by Crippen LogP contribution is -2.01. The molecule has 0 saturated carbocycles. The number of thiophene rings is 1. The van der Waals surface area contributed by atoms with E-state index in [1.165, 1.54) is 7.11 Å². The molecule has 0 spiro atoms. The number of carbonyl (C=O) groups is 1. The highest BCUT2D eigenvalue weighted by Crippen LogP contribution is 2.22. The molecule has 0 unspecified atom stereocenters. The molecule has 5 heteroatoms. The normalized spacial score (nSPS) is 10.1. The first-order chi connectivity index (χ1) is 8.69. The molecule has 0 aliphatic rings. The predicted octanol–water partition coefficient (Wildman–Crippen LogP) is 3.88. The number of carbonyl (C=O) groups excluding carboxylic acids is 1. The number of ether oxygens (including phenoxy) is 2. The van der Waals surface area contributed by atoms with Gasteiger partial charge in [-0.15, -0.1) is 11.3 Å². The molecule has 0 aliphatic carbocycles. The third kappa shape index (κ3) is 3.34. The molecule has 1 heterocycles. The Labute approximate surface area is 117 Å². The van der Waals surface area contributed by atoms with E-state index in [0.717, 1.165) is 15.1 Å². The fourth-order valence-corrected chi connectivity index (χ4v) is 2.59. The van der Waals surface area contributed by atoms with E-state index in [2.05, 4.69) is 20.7 Å². The molecule has 94 valence electrons. The summed E-state index contributed by atoms with van der Waals surface area (Å²) in [6, 6.07) is 8.91. The van der Waals surface area contributed by atoms with E-state index in [0.29, 0.717) is 12.2 Å². The molecule has 0 atom stereocenters. The van der Waals surface area contributed by atoms with Crippen LogP contribution in [-0.2, 0) is 11.3 Å². The Morgan fingerprint density at radius 3 is 2.61 bits per heavy atom. The lowest BCUT2D eigenvalue weighted by Gasteiger charge is -2.05. The number of benzene rings is 1. The Bertz CT molecular complexity index is 533. The van der Waals surface area contributed by atoms with Gasteiger partial charge in [-0.2, -0.15) is 0 Å². The number of esters is 1. The SMILES string of the molecule is COC(=O)c1ccc(OCc2csc(Br)c2)cc1. The highest BCUT2D eigenvalue weighted by molar-refractivity contribution is 9.11. The van der Waals surface area contributed by atoms with Crippen LogP contribution in [0.5, 0.6) is 5.75 Å². The Balaban J connectivity index is 1.96. The summed E-state index contributed by atoms with van der Waals surface area (Å²) in [6.45, 7) is 0.514. The molecule has 2 rings (SSSR count). The quantitative estimate of drug-likeness (QED) is 0.800. The highest BCUT2D eigenvalue weighted by Gasteiger charge is 2.05. The van der Waals surface area contributed by atoms with E-state index in [1.54, 1.807) is 35.6 Å². The number of halogens is 1. The van der Waals surface area contributed by atoms with E-state index < -0.39 is 0 Å². The highest BCUT2D eigenvalue weighted by atomic mass is 79.9. The lowest BCUT2D eigenvalue weighted by atomic mass is 10.2. The molecule has 18 heavy (non-hydrogen) atoms. The molecule has 2 aromatic rings. The van der Waals surface area contributed by atoms with Crippen molar-refractivity contribution in [2.45, 2.75) is 6.61 Å². The molecule has 3 nitrogen and oxygen atoms in total. The van der Waals surface area contributed by atoms with Gasteiger partial charge >= 0.3 is 5.97 Å². The van der Waals surface area contributed by atoms with Crippen molar-refractivity contribution in [1.29, 1.82) is 0 Å². The third-order valence-corrected chi connectivity index (χ3v) is 3.86. The molecule has 0 N–H and O–H groups in total. The van der Waals surface area contributed by atoms with Crippen LogP contribution in [0, 0.1) is 0 Å². The van der Waals surface area contributed by atoms with Crippen molar-refractivity contribution in [2.24, 2.45) is 0 Å². The van der Waals surface area contributed by atoms with Crippen LogP contribution >= 0.6 is 27.3 Å². The van der Waals surface area contributed by atoms with Crippen molar-refractivity contribution < 1.29 is 14.3 Å². The summed E-state index contributed by atoms with van der Waals surface area (Å²) in [6.07, 6.45) is 0. The van der Waals surface area contributed by atoms with E-state index >= 15 is 0 Å². The Hall–Kier alpha value is -1.33. The van der Waals surface area contributed by atoms with Gasteiger partial charge in [-0.25, -0.2) is 4.79 Å². The summed E-state index contributed by atoms with van der Waals surface area (Å²) >= 11 is 5.03. The first kappa shape index (κ1) is 13.1. The summed E-state index contributed by atoms with van der Waals surface area (Å²) < 4.78 is 11.3. The maximum Gasteiger partial charge on any atom is 0.337 e. The minimum absolute atomic E-state index is 0.344. The van der Waals surface area contributed by atoms with Crippen molar-refractivity contribution in [3.8, 4) is 5.75 Å². The molecule has 1 aromatic heterocycles. The number of methoxy groups -OCH3 is 1. The maximum absolute atomic E-state index is 11.2. The Kier molecular flexibility index (Phi) is 4.38. The van der Waals surface area contributed by atoms with Gasteiger partial charge in [0.1, 0.15) is 12.4 Å². The van der Waals surface area contributed by atoms with Gasteiger partial charge in [0.25, 0.3) is 0 Å². The molecule has 0 radical (unpaired) electrons. The van der Waals surface area contributed by atoms with Crippen LogP contribution in [0.3, 0.4) is 0 Å². The molecule has 0 fully saturated rings. The first-order valence-corrected chi connectivity index (χ1v) is 6.90. The summed E-state index contributed by atoms with van der Waals surface area (Å²) in [5, 5.41) is 2.03. The van der Waals surface area contributed by atoms with Crippen LogP contribution in [0.1, 0.15) is 15.9 Å². The van der Waals surface area contributed by atoms with E-state index in [1.807, 2.05) is 11.4 Å². The number of hydrogen-bond donors (Lipinski definition) is 0. The van der Waals surface area contributed by atoms with Gasteiger partial charge in [0, 0.05) is 5.56 Å². The van der Waals surface area contributed by atoms with Gasteiger partial charge in [-0.05, 0) is 51.6 Å². The Morgan fingerprint density at radius 1 is 1.33 bits per heavy atom. The van der Waals surface area contributed by atoms with Gasteiger partial charge < -0.3 is 9.47 Å². The summed E-state index contributed by atoms with van der Waals surface area (Å²) in [4.78, 5) is 11.2. The minimum atomic E-state index is -0.344. The van der Waals surface area contributed by atoms with Crippen LogP contribution < -0.4 is 4.74 Å². The first-order valence-electron chi connectivity index (χ1n) is 5.23. The van der Waals surface area contributed by atoms with Crippen LogP contribution in [-0.4, -0.2) is 13.1 Å². The third-order valence-electron chi connectivity index (χ3n) is 2.30. The summed E-state index contributed by atoms with van der Waals surface area (Å²) in [5.41, 5.74) is 1.63. The van der Waals surface area contributed by atoms with Crippen LogP contribution in [0.25, 0.3) is 0 Å². The van der Waals surface area contributed by atoms with Crippen LogP contribution in [0.2, 0.25) is 0 Å². The van der Waals surface area contributed by atoms with Gasteiger partial charge in [0.2, 0.25) is 0 Å². The number of hydrogen-bond acceptors (Lipinski definition) is 4. The molecule has 0 amide bonds. The maximum atomic E-state index is 11.2. The van der Waals surface area contributed by atoms with Gasteiger partial charge in [0.05, 0.1) is 16.5 Å². The molecule has 0 saturated heterocycles. The minimum Gasteiger partial charge on any atom is -0.489 e. The van der Waals surface area contributed by atoms with Gasteiger partial charge in [-0.1, -0.05) is 0 Å². The van der Waals surface area contributed by atoms with E-state index in [-0.39, 0.29) is 5.97 Å². The molecule has 0 bridgehead atoms. The smallest absolute Gasteiger partial charge is 0.337 e. The monoisotopic (exact) mass is 326 g/mol. The Morgan fingerprint density at radius 2 is 2.06 bits per heavy atom. The van der Waals surface area contributed by atoms with Crippen molar-refractivity contribution in [2.75, 3.05) is 7.11 Å². The second kappa shape index (κ2) is 6.02. The standard InChI is InChI=1S/C13H11BrO3S/c1-16-13(15)10-2-4-11(5-3-10)17-7-9-6-12(14)18-8-9/h2-6,8H,7H2,1H3. The predicted molar refractivity (Wildman–Crippen MR) is 74.1 cm³/mol. The molecular weight excluding hydrogens is 316 g/mol. The van der Waals surface area contributed by atoms with Crippen LogP contribution in [0.4, 0.5) is 0 Å². The zero-order valence-corrected chi connectivity index (χ0v) is 12.1. The second-order valence-electron chi connectivity index (χ2n) is 3.56. The van der Waals surface area contributed by atoms with E-state index in [4.69, 9.17) is 4.74 Å². The van der Waals surface area contributed by atoms with Crippen molar-refractivity contribution >= 4 is 33.2 Å². The molecular formula is C13H11BrO3S. The second-order valence-corrected chi connectivity index (χ2v) is 5.85. The van der Waals surface area contributed by atoms with Gasteiger partial charge in [0.15, 0.2) is 0 Å². The average molecular weight is 327 g/mol. The van der Waals surface area contributed by atoms with E-state index in [9.17, 15) is 4.79 Å². The van der Waals surface area contributed by atoms with Crippen molar-refractivity contribution in [3.05, 3.63) is 50.6 Å². The molecule has 0 aliphatic heterocycles. The largest absolute Gasteiger partial charge is 0.489 e.